The van der Waals surface area contributed by atoms with Crippen LogP contribution in [0.4, 0.5) is 0 Å². The number of carbonyl (C=O) groups excluding carboxylic acids is 1. The number of oxazole rings is 1. The lowest BCUT2D eigenvalue weighted by atomic mass is 10.0. The zero-order valence-corrected chi connectivity index (χ0v) is 10.5. The molecular weight excluding hydrogens is 218 g/mol. The van der Waals surface area contributed by atoms with Crippen LogP contribution in [0.2, 0.25) is 0 Å². The topological polar surface area (TPSA) is 67.2 Å². The minimum atomic E-state index is -0.0767. The van der Waals surface area contributed by atoms with E-state index in [0.29, 0.717) is 18.4 Å². The van der Waals surface area contributed by atoms with Gasteiger partial charge in [-0.2, -0.15) is 0 Å². The van der Waals surface area contributed by atoms with Crippen molar-refractivity contribution in [2.45, 2.75) is 39.8 Å². The molecule has 1 aliphatic rings. The molecule has 2 rings (SSSR count). The molecule has 17 heavy (non-hydrogen) atoms. The molecule has 5 heteroatoms. The molecule has 5 nitrogen and oxygen atoms in total. The molecule has 1 aromatic heterocycles. The van der Waals surface area contributed by atoms with Gasteiger partial charge in [0.1, 0.15) is 5.76 Å². The third-order valence-electron chi connectivity index (χ3n) is 3.30. The van der Waals surface area contributed by atoms with Gasteiger partial charge in [0.25, 0.3) is 0 Å². The normalized spacial score (nSPS) is 23.9. The maximum Gasteiger partial charge on any atom is 0.237 e. The van der Waals surface area contributed by atoms with Crippen LogP contribution in [-0.2, 0) is 11.3 Å². The first kappa shape index (κ1) is 12.1. The number of nitrogens with zero attached hydrogens (tertiary/aromatic N) is 1. The van der Waals surface area contributed by atoms with Crippen LogP contribution >= 0.6 is 0 Å². The van der Waals surface area contributed by atoms with Crippen LogP contribution in [0.1, 0.15) is 30.7 Å². The third kappa shape index (κ3) is 2.66. The van der Waals surface area contributed by atoms with E-state index in [2.05, 4.69) is 22.5 Å². The molecule has 2 atom stereocenters. The van der Waals surface area contributed by atoms with Crippen molar-refractivity contribution in [3.63, 3.8) is 0 Å². The van der Waals surface area contributed by atoms with Crippen molar-refractivity contribution in [3.8, 4) is 0 Å². The standard InChI is InChI=1S/C12H19N3O2/c1-7-4-5-13-11(7)12(16)14-6-10-15-8(2)9(3)17-10/h7,11,13H,4-6H2,1-3H3,(H,14,16). The number of aryl methyl sites for hydroxylation is 2. The first-order valence-electron chi connectivity index (χ1n) is 6.02. The van der Waals surface area contributed by atoms with Crippen LogP contribution in [0.3, 0.4) is 0 Å². The molecule has 0 aromatic carbocycles. The zero-order chi connectivity index (χ0) is 12.4. The monoisotopic (exact) mass is 237 g/mol. The Kier molecular flexibility index (Phi) is 3.47. The van der Waals surface area contributed by atoms with E-state index in [4.69, 9.17) is 4.42 Å². The fourth-order valence-corrected chi connectivity index (χ4v) is 2.07. The summed E-state index contributed by atoms with van der Waals surface area (Å²) in [7, 11) is 0. The van der Waals surface area contributed by atoms with Gasteiger partial charge in [-0.15, -0.1) is 0 Å². The number of amides is 1. The molecule has 2 unspecified atom stereocenters. The van der Waals surface area contributed by atoms with Gasteiger partial charge < -0.3 is 15.1 Å². The van der Waals surface area contributed by atoms with Gasteiger partial charge >= 0.3 is 0 Å². The van der Waals surface area contributed by atoms with Crippen molar-refractivity contribution in [1.29, 1.82) is 0 Å². The highest BCUT2D eigenvalue weighted by Gasteiger charge is 2.29. The second-order valence-electron chi connectivity index (χ2n) is 4.66. The van der Waals surface area contributed by atoms with Gasteiger partial charge in [0.15, 0.2) is 0 Å². The highest BCUT2D eigenvalue weighted by atomic mass is 16.4. The lowest BCUT2D eigenvalue weighted by Crippen LogP contribution is -2.42. The average molecular weight is 237 g/mol. The second-order valence-corrected chi connectivity index (χ2v) is 4.66. The summed E-state index contributed by atoms with van der Waals surface area (Å²) in [5.74, 6) is 1.80. The molecule has 0 aliphatic carbocycles. The van der Waals surface area contributed by atoms with Crippen molar-refractivity contribution in [1.82, 2.24) is 15.6 Å². The lowest BCUT2D eigenvalue weighted by molar-refractivity contribution is -0.123. The molecule has 1 aliphatic heterocycles. The third-order valence-corrected chi connectivity index (χ3v) is 3.30. The second kappa shape index (κ2) is 4.87. The molecular formula is C12H19N3O2. The van der Waals surface area contributed by atoms with Gasteiger partial charge in [0, 0.05) is 0 Å². The van der Waals surface area contributed by atoms with Crippen molar-refractivity contribution in [3.05, 3.63) is 17.3 Å². The van der Waals surface area contributed by atoms with Gasteiger partial charge in [-0.25, -0.2) is 4.98 Å². The Bertz CT molecular complexity index is 394. The van der Waals surface area contributed by atoms with Gasteiger partial charge in [-0.3, -0.25) is 4.79 Å². The number of hydrogen-bond donors (Lipinski definition) is 2. The molecule has 2 heterocycles. The highest BCUT2D eigenvalue weighted by Crippen LogP contribution is 2.14. The quantitative estimate of drug-likeness (QED) is 0.820. The minimum Gasteiger partial charge on any atom is -0.444 e. The van der Waals surface area contributed by atoms with Crippen molar-refractivity contribution >= 4 is 5.91 Å². The molecule has 0 spiro atoms. The Morgan fingerprint density at radius 1 is 1.59 bits per heavy atom. The molecule has 0 radical (unpaired) electrons. The molecule has 1 fully saturated rings. The largest absolute Gasteiger partial charge is 0.444 e. The first-order valence-corrected chi connectivity index (χ1v) is 6.02. The van der Waals surface area contributed by atoms with E-state index in [-0.39, 0.29) is 11.9 Å². The molecule has 2 N–H and O–H groups in total. The molecule has 0 saturated carbocycles. The molecule has 1 saturated heterocycles. The summed E-state index contributed by atoms with van der Waals surface area (Å²) in [6.07, 6.45) is 1.05. The number of nitrogens with one attached hydrogen (secondary N) is 2. The van der Waals surface area contributed by atoms with Crippen LogP contribution in [0.25, 0.3) is 0 Å². The maximum atomic E-state index is 11.9. The fraction of sp³-hybridized carbons (Fsp3) is 0.667. The lowest BCUT2D eigenvalue weighted by Gasteiger charge is -2.14. The summed E-state index contributed by atoms with van der Waals surface area (Å²) in [6, 6.07) is -0.0767. The predicted octanol–water partition coefficient (Wildman–Crippen LogP) is 0.906. The predicted molar refractivity (Wildman–Crippen MR) is 63.4 cm³/mol. The molecule has 0 bridgehead atoms. The summed E-state index contributed by atoms with van der Waals surface area (Å²) in [5, 5.41) is 6.05. The van der Waals surface area contributed by atoms with Crippen LogP contribution in [0.15, 0.2) is 4.42 Å². The number of rotatable bonds is 3. The zero-order valence-electron chi connectivity index (χ0n) is 10.5. The van der Waals surface area contributed by atoms with E-state index < -0.39 is 0 Å². The Balaban J connectivity index is 1.87. The SMILES string of the molecule is Cc1nc(CNC(=O)C2NCCC2C)oc1C. The summed E-state index contributed by atoms with van der Waals surface area (Å²) in [4.78, 5) is 16.1. The van der Waals surface area contributed by atoms with Gasteiger partial charge in [0.05, 0.1) is 18.3 Å². The van der Waals surface area contributed by atoms with E-state index in [1.54, 1.807) is 0 Å². The van der Waals surface area contributed by atoms with Gasteiger partial charge in [-0.05, 0) is 32.7 Å². The maximum absolute atomic E-state index is 11.9. The summed E-state index contributed by atoms with van der Waals surface area (Å²) in [6.45, 7) is 7.12. The minimum absolute atomic E-state index is 0.0310. The van der Waals surface area contributed by atoms with Crippen molar-refractivity contribution in [2.75, 3.05) is 6.54 Å². The summed E-state index contributed by atoms with van der Waals surface area (Å²) >= 11 is 0. The van der Waals surface area contributed by atoms with E-state index in [1.165, 1.54) is 0 Å². The Morgan fingerprint density at radius 2 is 2.35 bits per heavy atom. The highest BCUT2D eigenvalue weighted by molar-refractivity contribution is 5.82. The van der Waals surface area contributed by atoms with E-state index in [9.17, 15) is 4.79 Å². The van der Waals surface area contributed by atoms with Crippen LogP contribution in [-0.4, -0.2) is 23.5 Å². The fourth-order valence-electron chi connectivity index (χ4n) is 2.07. The summed E-state index contributed by atoms with van der Waals surface area (Å²) < 4.78 is 5.41. The van der Waals surface area contributed by atoms with Crippen molar-refractivity contribution in [2.24, 2.45) is 5.92 Å². The van der Waals surface area contributed by atoms with Crippen LogP contribution in [0.5, 0.6) is 0 Å². The Hall–Kier alpha value is -1.36. The number of carbonyl (C=O) groups is 1. The van der Waals surface area contributed by atoms with Gasteiger partial charge in [0.2, 0.25) is 11.8 Å². The van der Waals surface area contributed by atoms with Crippen LogP contribution < -0.4 is 10.6 Å². The average Bonchev–Trinajstić information content (AvgIpc) is 2.83. The van der Waals surface area contributed by atoms with E-state index >= 15 is 0 Å². The smallest absolute Gasteiger partial charge is 0.237 e. The summed E-state index contributed by atoms with van der Waals surface area (Å²) in [5.41, 5.74) is 0.876. The van der Waals surface area contributed by atoms with Crippen LogP contribution in [0, 0.1) is 19.8 Å². The number of aromatic nitrogens is 1. The van der Waals surface area contributed by atoms with Gasteiger partial charge in [-0.1, -0.05) is 6.92 Å². The van der Waals surface area contributed by atoms with Crippen molar-refractivity contribution < 1.29 is 9.21 Å². The molecule has 94 valence electrons. The molecule has 1 aromatic rings. The Morgan fingerprint density at radius 3 is 2.88 bits per heavy atom. The Labute approximate surface area is 101 Å². The molecule has 1 amide bonds. The number of hydrogen-bond acceptors (Lipinski definition) is 4. The van der Waals surface area contributed by atoms with E-state index in [1.807, 2.05) is 13.8 Å². The first-order chi connectivity index (χ1) is 8.08. The van der Waals surface area contributed by atoms with E-state index in [0.717, 1.165) is 24.4 Å².